The van der Waals surface area contributed by atoms with Crippen LogP contribution in [0.1, 0.15) is 18.4 Å². The maximum absolute atomic E-state index is 12.5. The van der Waals surface area contributed by atoms with E-state index in [4.69, 9.17) is 16.3 Å². The van der Waals surface area contributed by atoms with Crippen molar-refractivity contribution in [3.8, 4) is 0 Å². The van der Waals surface area contributed by atoms with Crippen LogP contribution in [0.4, 0.5) is 0 Å². The SMILES string of the molecule is Cc1ccc(S(=O)(=O)N(C)[C@@H]2CCCO[C@H]2Cl)cc1. The quantitative estimate of drug-likeness (QED) is 0.805. The molecule has 0 spiro atoms. The minimum Gasteiger partial charge on any atom is -0.361 e. The molecule has 1 aliphatic rings. The van der Waals surface area contributed by atoms with Gasteiger partial charge in [-0.05, 0) is 31.9 Å². The average molecular weight is 304 g/mol. The number of hydrogen-bond donors (Lipinski definition) is 0. The Morgan fingerprint density at radius 3 is 2.53 bits per heavy atom. The molecule has 1 saturated heterocycles. The van der Waals surface area contributed by atoms with Gasteiger partial charge >= 0.3 is 0 Å². The van der Waals surface area contributed by atoms with E-state index in [0.29, 0.717) is 6.61 Å². The molecule has 0 aromatic heterocycles. The second-order valence-corrected chi connectivity index (χ2v) is 7.19. The van der Waals surface area contributed by atoms with E-state index in [1.807, 2.05) is 6.92 Å². The minimum absolute atomic E-state index is 0.287. The van der Waals surface area contributed by atoms with Gasteiger partial charge in [0.25, 0.3) is 0 Å². The van der Waals surface area contributed by atoms with Crippen molar-refractivity contribution in [3.05, 3.63) is 29.8 Å². The summed E-state index contributed by atoms with van der Waals surface area (Å²) in [5.74, 6) is 0. The number of alkyl halides is 1. The lowest BCUT2D eigenvalue weighted by atomic mass is 10.1. The van der Waals surface area contributed by atoms with Crippen LogP contribution >= 0.6 is 11.6 Å². The average Bonchev–Trinajstić information content (AvgIpc) is 2.39. The molecule has 0 bridgehead atoms. The molecule has 4 nitrogen and oxygen atoms in total. The highest BCUT2D eigenvalue weighted by Crippen LogP contribution is 2.26. The number of halogens is 1. The van der Waals surface area contributed by atoms with Crippen LogP contribution in [-0.2, 0) is 14.8 Å². The lowest BCUT2D eigenvalue weighted by molar-refractivity contribution is 0.0231. The summed E-state index contributed by atoms with van der Waals surface area (Å²) in [4.78, 5) is 0.287. The summed E-state index contributed by atoms with van der Waals surface area (Å²) in [6.45, 7) is 2.51. The fourth-order valence-corrected chi connectivity index (χ4v) is 3.97. The molecule has 6 heteroatoms. The zero-order valence-corrected chi connectivity index (χ0v) is 12.6. The van der Waals surface area contributed by atoms with Crippen molar-refractivity contribution < 1.29 is 13.2 Å². The van der Waals surface area contributed by atoms with Crippen LogP contribution in [0, 0.1) is 6.92 Å². The van der Waals surface area contributed by atoms with Crippen molar-refractivity contribution in [2.75, 3.05) is 13.7 Å². The number of nitrogens with zero attached hydrogens (tertiary/aromatic N) is 1. The van der Waals surface area contributed by atoms with E-state index in [9.17, 15) is 8.42 Å². The first-order valence-electron chi connectivity index (χ1n) is 6.23. The van der Waals surface area contributed by atoms with Gasteiger partial charge in [-0.2, -0.15) is 4.31 Å². The highest BCUT2D eigenvalue weighted by atomic mass is 35.5. The third-order valence-corrected chi connectivity index (χ3v) is 5.70. The standard InChI is InChI=1S/C13H18ClNO3S/c1-10-5-7-11(8-6-10)19(16,17)15(2)12-4-3-9-18-13(12)14/h5-8,12-13H,3-4,9H2,1-2H3/t12-,13-/m1/s1. The van der Waals surface area contributed by atoms with Crippen molar-refractivity contribution in [1.82, 2.24) is 4.31 Å². The molecule has 1 heterocycles. The Labute approximate surface area is 119 Å². The molecule has 0 radical (unpaired) electrons. The summed E-state index contributed by atoms with van der Waals surface area (Å²) in [7, 11) is -1.96. The summed E-state index contributed by atoms with van der Waals surface area (Å²) in [5.41, 5.74) is 0.441. The van der Waals surface area contributed by atoms with Gasteiger partial charge in [0, 0.05) is 13.7 Å². The Morgan fingerprint density at radius 1 is 1.32 bits per heavy atom. The number of aryl methyl sites for hydroxylation is 1. The lowest BCUT2D eigenvalue weighted by Crippen LogP contribution is -2.45. The van der Waals surface area contributed by atoms with Gasteiger partial charge in [-0.3, -0.25) is 0 Å². The number of hydrogen-bond acceptors (Lipinski definition) is 3. The van der Waals surface area contributed by atoms with Crippen molar-refractivity contribution >= 4 is 21.6 Å². The number of ether oxygens (including phenoxy) is 1. The second kappa shape index (κ2) is 5.79. The normalized spacial score (nSPS) is 24.6. The van der Waals surface area contributed by atoms with Gasteiger partial charge in [0.1, 0.15) is 5.56 Å². The molecule has 0 saturated carbocycles. The first-order valence-corrected chi connectivity index (χ1v) is 8.11. The van der Waals surface area contributed by atoms with Gasteiger partial charge in [-0.25, -0.2) is 8.42 Å². The Hall–Kier alpha value is -0.620. The molecule has 0 N–H and O–H groups in total. The van der Waals surface area contributed by atoms with Crippen LogP contribution in [0.15, 0.2) is 29.2 Å². The van der Waals surface area contributed by atoms with Crippen molar-refractivity contribution in [1.29, 1.82) is 0 Å². The summed E-state index contributed by atoms with van der Waals surface area (Å²) >= 11 is 6.07. The first-order chi connectivity index (χ1) is 8.93. The van der Waals surface area contributed by atoms with Crippen LogP contribution in [0.25, 0.3) is 0 Å². The van der Waals surface area contributed by atoms with E-state index >= 15 is 0 Å². The largest absolute Gasteiger partial charge is 0.361 e. The number of likely N-dealkylation sites (N-methyl/N-ethyl adjacent to an activating group) is 1. The monoisotopic (exact) mass is 303 g/mol. The number of rotatable bonds is 3. The summed E-state index contributed by atoms with van der Waals surface area (Å²) in [6, 6.07) is 6.50. The molecule has 106 valence electrons. The molecule has 2 atom stereocenters. The first kappa shape index (κ1) is 14.8. The lowest BCUT2D eigenvalue weighted by Gasteiger charge is -2.33. The maximum Gasteiger partial charge on any atom is 0.243 e. The topological polar surface area (TPSA) is 46.6 Å². The fraction of sp³-hybridized carbons (Fsp3) is 0.538. The number of benzene rings is 1. The van der Waals surface area contributed by atoms with Gasteiger partial charge < -0.3 is 4.74 Å². The molecule has 0 unspecified atom stereocenters. The van der Waals surface area contributed by atoms with Gasteiger partial charge in [0.15, 0.2) is 0 Å². The molecule has 1 fully saturated rings. The third-order valence-electron chi connectivity index (χ3n) is 3.39. The Balaban J connectivity index is 2.25. The Bertz CT molecular complexity index is 529. The van der Waals surface area contributed by atoms with Crippen LogP contribution in [-0.4, -0.2) is 38.0 Å². The molecule has 2 rings (SSSR count). The van der Waals surface area contributed by atoms with E-state index < -0.39 is 15.6 Å². The molecule has 1 aromatic carbocycles. The third kappa shape index (κ3) is 3.11. The van der Waals surface area contributed by atoms with Crippen LogP contribution in [0.5, 0.6) is 0 Å². The summed E-state index contributed by atoms with van der Waals surface area (Å²) in [6.07, 6.45) is 1.54. The van der Waals surface area contributed by atoms with Gasteiger partial charge in [0.05, 0.1) is 10.9 Å². The molecular weight excluding hydrogens is 286 g/mol. The van der Waals surface area contributed by atoms with E-state index in [1.165, 1.54) is 4.31 Å². The highest BCUT2D eigenvalue weighted by molar-refractivity contribution is 7.89. The molecule has 1 aromatic rings. The minimum atomic E-state index is -3.52. The predicted octanol–water partition coefficient (Wildman–Crippen LogP) is 2.36. The smallest absolute Gasteiger partial charge is 0.243 e. The van der Waals surface area contributed by atoms with Crippen molar-refractivity contribution in [2.24, 2.45) is 0 Å². The maximum atomic E-state index is 12.5. The summed E-state index contributed by atoms with van der Waals surface area (Å²) < 4.78 is 31.6. The van der Waals surface area contributed by atoms with Gasteiger partial charge in [-0.1, -0.05) is 29.3 Å². The zero-order valence-electron chi connectivity index (χ0n) is 11.0. The summed E-state index contributed by atoms with van der Waals surface area (Å²) in [5, 5.41) is 0. The van der Waals surface area contributed by atoms with Crippen molar-refractivity contribution in [3.63, 3.8) is 0 Å². The van der Waals surface area contributed by atoms with E-state index in [0.717, 1.165) is 18.4 Å². The number of sulfonamides is 1. The van der Waals surface area contributed by atoms with E-state index in [2.05, 4.69) is 0 Å². The molecule has 19 heavy (non-hydrogen) atoms. The highest BCUT2D eigenvalue weighted by Gasteiger charge is 2.34. The van der Waals surface area contributed by atoms with Gasteiger partial charge in [0.2, 0.25) is 10.0 Å². The molecular formula is C13H18ClNO3S. The second-order valence-electron chi connectivity index (χ2n) is 4.77. The van der Waals surface area contributed by atoms with Crippen LogP contribution in [0.3, 0.4) is 0 Å². The molecule has 1 aliphatic heterocycles. The Kier molecular flexibility index (Phi) is 4.50. The fourth-order valence-electron chi connectivity index (χ4n) is 2.13. The van der Waals surface area contributed by atoms with Crippen molar-refractivity contribution in [2.45, 2.75) is 36.3 Å². The van der Waals surface area contributed by atoms with E-state index in [-0.39, 0.29) is 10.9 Å². The zero-order chi connectivity index (χ0) is 14.0. The predicted molar refractivity (Wildman–Crippen MR) is 74.7 cm³/mol. The molecule has 0 amide bonds. The Morgan fingerprint density at radius 2 is 1.95 bits per heavy atom. The van der Waals surface area contributed by atoms with Crippen LogP contribution < -0.4 is 0 Å². The van der Waals surface area contributed by atoms with E-state index in [1.54, 1.807) is 31.3 Å². The van der Waals surface area contributed by atoms with Crippen LogP contribution in [0.2, 0.25) is 0 Å². The molecule has 0 aliphatic carbocycles. The van der Waals surface area contributed by atoms with Gasteiger partial charge in [-0.15, -0.1) is 0 Å².